The number of nitrogens with one attached hydrogen (secondary N) is 1. The summed E-state index contributed by atoms with van der Waals surface area (Å²) in [5.74, 6) is 0.168. The summed E-state index contributed by atoms with van der Waals surface area (Å²) in [5, 5.41) is 9.48. The summed E-state index contributed by atoms with van der Waals surface area (Å²) < 4.78 is 0.0614. The van der Waals surface area contributed by atoms with Gasteiger partial charge in [0.05, 0.1) is 0 Å². The third-order valence-corrected chi connectivity index (χ3v) is 3.55. The Bertz CT molecular complexity index is 650. The van der Waals surface area contributed by atoms with Crippen LogP contribution in [0.2, 0.25) is 0 Å². The summed E-state index contributed by atoms with van der Waals surface area (Å²) in [6.45, 7) is 4.08. The van der Waals surface area contributed by atoms with E-state index in [9.17, 15) is 9.90 Å². The lowest BCUT2D eigenvalue weighted by Crippen LogP contribution is -2.12. The van der Waals surface area contributed by atoms with Crippen molar-refractivity contribution in [1.29, 1.82) is 0 Å². The average molecular weight is 309 g/mol. The summed E-state index contributed by atoms with van der Waals surface area (Å²) in [5.41, 5.74) is 3.08. The Balaban J connectivity index is 2.34. The highest BCUT2D eigenvalue weighted by atomic mass is 79.9. The lowest BCUT2D eigenvalue weighted by molar-refractivity contribution is 0.444. The highest BCUT2D eigenvalue weighted by molar-refractivity contribution is 9.10. The van der Waals surface area contributed by atoms with E-state index in [1.807, 2.05) is 26.0 Å². The van der Waals surface area contributed by atoms with E-state index in [1.54, 1.807) is 0 Å². The SMILES string of the molecule is Cc1ccc(Cc2nc(O)c(Br)c(=O)[nH]2)cc1C. The first kappa shape index (κ1) is 12.8. The normalized spacial score (nSPS) is 10.6. The molecule has 2 rings (SSSR count). The van der Waals surface area contributed by atoms with Crippen LogP contribution in [0.3, 0.4) is 0 Å². The van der Waals surface area contributed by atoms with Crippen LogP contribution in [0, 0.1) is 13.8 Å². The number of hydrogen-bond donors (Lipinski definition) is 2. The fourth-order valence-corrected chi connectivity index (χ4v) is 1.87. The molecule has 0 spiro atoms. The molecule has 0 fully saturated rings. The Labute approximate surface area is 113 Å². The van der Waals surface area contributed by atoms with Gasteiger partial charge in [-0.2, -0.15) is 4.98 Å². The molecule has 0 aliphatic carbocycles. The number of H-pyrrole nitrogens is 1. The summed E-state index contributed by atoms with van der Waals surface area (Å²) in [6.07, 6.45) is 0.483. The molecule has 1 aromatic heterocycles. The van der Waals surface area contributed by atoms with Crippen LogP contribution in [0.1, 0.15) is 22.5 Å². The molecule has 0 saturated carbocycles. The molecule has 18 heavy (non-hydrogen) atoms. The lowest BCUT2D eigenvalue weighted by atomic mass is 10.0. The van der Waals surface area contributed by atoms with Crippen LogP contribution in [0.4, 0.5) is 0 Å². The van der Waals surface area contributed by atoms with E-state index >= 15 is 0 Å². The van der Waals surface area contributed by atoms with Crippen molar-refractivity contribution in [1.82, 2.24) is 9.97 Å². The molecule has 0 radical (unpaired) electrons. The molecule has 1 aromatic carbocycles. The molecule has 0 amide bonds. The topological polar surface area (TPSA) is 66.0 Å². The first-order chi connectivity index (χ1) is 8.47. The van der Waals surface area contributed by atoms with Gasteiger partial charge in [0, 0.05) is 6.42 Å². The fraction of sp³-hybridized carbons (Fsp3) is 0.231. The zero-order valence-corrected chi connectivity index (χ0v) is 11.7. The van der Waals surface area contributed by atoms with Gasteiger partial charge in [0.15, 0.2) is 0 Å². The Morgan fingerprint density at radius 2 is 2.06 bits per heavy atom. The van der Waals surface area contributed by atoms with Crippen molar-refractivity contribution >= 4 is 15.9 Å². The molecule has 2 N–H and O–H groups in total. The predicted molar refractivity (Wildman–Crippen MR) is 72.9 cm³/mol. The number of halogens is 1. The van der Waals surface area contributed by atoms with Crippen molar-refractivity contribution in [2.24, 2.45) is 0 Å². The maximum Gasteiger partial charge on any atom is 0.269 e. The van der Waals surface area contributed by atoms with Crippen LogP contribution in [-0.4, -0.2) is 15.1 Å². The molecule has 5 heteroatoms. The Hall–Kier alpha value is -1.62. The Kier molecular flexibility index (Phi) is 3.52. The van der Waals surface area contributed by atoms with Crippen molar-refractivity contribution in [3.8, 4) is 5.88 Å². The van der Waals surface area contributed by atoms with E-state index in [0.717, 1.165) is 5.56 Å². The van der Waals surface area contributed by atoms with Crippen molar-refractivity contribution in [2.45, 2.75) is 20.3 Å². The van der Waals surface area contributed by atoms with Gasteiger partial charge in [-0.05, 0) is 46.5 Å². The van der Waals surface area contributed by atoms with Crippen molar-refractivity contribution in [3.63, 3.8) is 0 Å². The second-order valence-electron chi connectivity index (χ2n) is 4.25. The van der Waals surface area contributed by atoms with E-state index < -0.39 is 0 Å². The number of rotatable bonds is 2. The maximum atomic E-state index is 11.5. The van der Waals surface area contributed by atoms with Gasteiger partial charge >= 0.3 is 0 Å². The monoisotopic (exact) mass is 308 g/mol. The number of aryl methyl sites for hydroxylation is 2. The van der Waals surface area contributed by atoms with E-state index in [-0.39, 0.29) is 15.9 Å². The molecule has 94 valence electrons. The summed E-state index contributed by atoms with van der Waals surface area (Å²) >= 11 is 2.96. The zero-order valence-electron chi connectivity index (χ0n) is 10.1. The summed E-state index contributed by atoms with van der Waals surface area (Å²) in [6, 6.07) is 6.07. The second kappa shape index (κ2) is 4.94. The van der Waals surface area contributed by atoms with Gasteiger partial charge in [-0.3, -0.25) is 4.79 Å². The van der Waals surface area contributed by atoms with Gasteiger partial charge in [-0.1, -0.05) is 18.2 Å². The second-order valence-corrected chi connectivity index (χ2v) is 5.04. The van der Waals surface area contributed by atoms with Crippen molar-refractivity contribution in [3.05, 3.63) is 55.5 Å². The number of hydrogen-bond acceptors (Lipinski definition) is 3. The minimum absolute atomic E-state index is 0.0614. The molecule has 0 saturated heterocycles. The first-order valence-corrected chi connectivity index (χ1v) is 6.30. The van der Waals surface area contributed by atoms with Crippen LogP contribution in [0.5, 0.6) is 5.88 Å². The molecule has 2 aromatic rings. The largest absolute Gasteiger partial charge is 0.492 e. The lowest BCUT2D eigenvalue weighted by Gasteiger charge is -2.05. The Morgan fingerprint density at radius 1 is 1.33 bits per heavy atom. The van der Waals surface area contributed by atoms with Crippen LogP contribution in [0.25, 0.3) is 0 Å². The van der Waals surface area contributed by atoms with Crippen LogP contribution in [-0.2, 0) is 6.42 Å². The van der Waals surface area contributed by atoms with Gasteiger partial charge in [-0.25, -0.2) is 0 Å². The zero-order chi connectivity index (χ0) is 13.3. The molecule has 0 aliphatic heterocycles. The van der Waals surface area contributed by atoms with Gasteiger partial charge < -0.3 is 10.1 Å². The highest BCUT2D eigenvalue weighted by Crippen LogP contribution is 2.17. The minimum atomic E-state index is -0.374. The molecule has 0 aliphatic rings. The molecule has 0 atom stereocenters. The van der Waals surface area contributed by atoms with Crippen LogP contribution < -0.4 is 5.56 Å². The van der Waals surface area contributed by atoms with E-state index in [1.165, 1.54) is 11.1 Å². The third kappa shape index (κ3) is 2.61. The number of nitrogens with zero attached hydrogens (tertiary/aromatic N) is 1. The Morgan fingerprint density at radius 3 is 2.67 bits per heavy atom. The van der Waals surface area contributed by atoms with Crippen LogP contribution in [0.15, 0.2) is 27.5 Å². The molecule has 0 bridgehead atoms. The van der Waals surface area contributed by atoms with Gasteiger partial charge in [0.25, 0.3) is 5.56 Å². The van der Waals surface area contributed by atoms with Gasteiger partial charge in [0.1, 0.15) is 10.3 Å². The number of aromatic hydroxyl groups is 1. The number of aromatic nitrogens is 2. The first-order valence-electron chi connectivity index (χ1n) is 5.51. The van der Waals surface area contributed by atoms with E-state index in [4.69, 9.17) is 0 Å². The van der Waals surface area contributed by atoms with E-state index in [2.05, 4.69) is 32.0 Å². The standard InChI is InChI=1S/C13H13BrN2O2/c1-7-3-4-9(5-8(7)2)6-10-15-12(17)11(14)13(18)16-10/h3-5H,6H2,1-2H3,(H2,15,16,17,18). The van der Waals surface area contributed by atoms with E-state index in [0.29, 0.717) is 12.2 Å². The summed E-state index contributed by atoms with van der Waals surface area (Å²) in [4.78, 5) is 18.0. The summed E-state index contributed by atoms with van der Waals surface area (Å²) in [7, 11) is 0. The average Bonchev–Trinajstić information content (AvgIpc) is 2.31. The van der Waals surface area contributed by atoms with Crippen LogP contribution >= 0.6 is 15.9 Å². The van der Waals surface area contributed by atoms with Crippen molar-refractivity contribution < 1.29 is 5.11 Å². The number of benzene rings is 1. The molecule has 0 unspecified atom stereocenters. The van der Waals surface area contributed by atoms with Gasteiger partial charge in [-0.15, -0.1) is 0 Å². The van der Waals surface area contributed by atoms with Crippen molar-refractivity contribution in [2.75, 3.05) is 0 Å². The molecular weight excluding hydrogens is 296 g/mol. The molecular formula is C13H13BrN2O2. The maximum absolute atomic E-state index is 11.5. The quantitative estimate of drug-likeness (QED) is 0.895. The highest BCUT2D eigenvalue weighted by Gasteiger charge is 2.08. The predicted octanol–water partition coefficient (Wildman–Crippen LogP) is 2.45. The third-order valence-electron chi connectivity index (χ3n) is 2.84. The number of aromatic amines is 1. The molecule has 4 nitrogen and oxygen atoms in total. The smallest absolute Gasteiger partial charge is 0.269 e. The fourth-order valence-electron chi connectivity index (χ4n) is 1.68. The minimum Gasteiger partial charge on any atom is -0.492 e. The molecule has 1 heterocycles. The van der Waals surface area contributed by atoms with Gasteiger partial charge in [0.2, 0.25) is 5.88 Å².